The quantitative estimate of drug-likeness (QED) is 0.675. The molecule has 0 unspecified atom stereocenters. The first kappa shape index (κ1) is 16.4. The molecule has 1 aliphatic heterocycles. The van der Waals surface area contributed by atoms with Crippen LogP contribution in [0.25, 0.3) is 0 Å². The zero-order chi connectivity index (χ0) is 18.0. The molecule has 9 heteroatoms. The van der Waals surface area contributed by atoms with Gasteiger partial charge in [-0.2, -0.15) is 0 Å². The highest BCUT2D eigenvalue weighted by molar-refractivity contribution is 6.10. The van der Waals surface area contributed by atoms with Crippen LogP contribution in [0.5, 0.6) is 5.75 Å². The summed E-state index contributed by atoms with van der Waals surface area (Å²) in [4.78, 5) is 35.3. The van der Waals surface area contributed by atoms with Crippen molar-refractivity contribution in [1.82, 2.24) is 0 Å². The maximum absolute atomic E-state index is 13.8. The maximum atomic E-state index is 13.8. The standard InChI is InChI=1S/C16H12FN3O5/c17-12-5-2-6-13-16(12)18-14(21)8-19(13)15(22)9-25-11-4-1-3-10(7-11)20(23)24/h1-7H,8-9H2,(H,18,21). The van der Waals surface area contributed by atoms with E-state index in [1.54, 1.807) is 0 Å². The van der Waals surface area contributed by atoms with E-state index in [4.69, 9.17) is 4.74 Å². The molecule has 0 aromatic heterocycles. The third-order valence-corrected chi connectivity index (χ3v) is 3.54. The number of fused-ring (bicyclic) bond motifs is 1. The number of benzene rings is 2. The molecule has 0 bridgehead atoms. The molecular formula is C16H12FN3O5. The van der Waals surface area contributed by atoms with E-state index in [0.29, 0.717) is 0 Å². The number of nitro benzene ring substituents is 1. The molecule has 25 heavy (non-hydrogen) atoms. The van der Waals surface area contributed by atoms with Gasteiger partial charge in [0.05, 0.1) is 16.7 Å². The zero-order valence-corrected chi connectivity index (χ0v) is 12.8. The van der Waals surface area contributed by atoms with Crippen LogP contribution in [0.2, 0.25) is 0 Å². The number of carbonyl (C=O) groups is 2. The van der Waals surface area contributed by atoms with Crippen LogP contribution < -0.4 is 15.0 Å². The highest BCUT2D eigenvalue weighted by atomic mass is 19.1. The number of carbonyl (C=O) groups excluding carboxylic acids is 2. The summed E-state index contributed by atoms with van der Waals surface area (Å²) in [6, 6.07) is 9.48. The molecule has 3 rings (SSSR count). The number of nitrogens with one attached hydrogen (secondary N) is 1. The van der Waals surface area contributed by atoms with E-state index in [1.165, 1.54) is 42.5 Å². The summed E-state index contributed by atoms with van der Waals surface area (Å²) < 4.78 is 19.1. The fraction of sp³-hybridized carbons (Fsp3) is 0.125. The summed E-state index contributed by atoms with van der Waals surface area (Å²) in [6.45, 7) is -0.724. The number of nitrogens with zero attached hydrogens (tertiary/aromatic N) is 2. The Kier molecular flexibility index (Phi) is 4.29. The minimum absolute atomic E-state index is 0.0672. The van der Waals surface area contributed by atoms with Crippen LogP contribution in [0, 0.1) is 15.9 Å². The largest absolute Gasteiger partial charge is 0.483 e. The molecule has 0 aliphatic carbocycles. The van der Waals surface area contributed by atoms with Crippen molar-refractivity contribution in [1.29, 1.82) is 0 Å². The molecule has 0 saturated carbocycles. The zero-order valence-electron chi connectivity index (χ0n) is 12.8. The van der Waals surface area contributed by atoms with E-state index in [9.17, 15) is 24.1 Å². The number of anilines is 2. The predicted octanol–water partition coefficient (Wildman–Crippen LogP) is 2.10. The van der Waals surface area contributed by atoms with E-state index in [2.05, 4.69) is 5.32 Å². The lowest BCUT2D eigenvalue weighted by atomic mass is 10.2. The molecule has 2 amide bonds. The van der Waals surface area contributed by atoms with Gasteiger partial charge < -0.3 is 10.1 Å². The van der Waals surface area contributed by atoms with Gasteiger partial charge in [-0.3, -0.25) is 24.6 Å². The number of nitro groups is 1. The van der Waals surface area contributed by atoms with Gasteiger partial charge in [0.25, 0.3) is 11.6 Å². The van der Waals surface area contributed by atoms with Gasteiger partial charge in [0, 0.05) is 6.07 Å². The Morgan fingerprint density at radius 2 is 2.08 bits per heavy atom. The van der Waals surface area contributed by atoms with E-state index >= 15 is 0 Å². The van der Waals surface area contributed by atoms with Crippen LogP contribution in [0.4, 0.5) is 21.5 Å². The van der Waals surface area contributed by atoms with E-state index in [0.717, 1.165) is 4.90 Å². The SMILES string of the molecule is O=C1CN(C(=O)COc2cccc([N+](=O)[O-])c2)c2cccc(F)c2N1. The van der Waals surface area contributed by atoms with Gasteiger partial charge in [0.1, 0.15) is 23.8 Å². The average Bonchev–Trinajstić information content (AvgIpc) is 2.60. The molecular weight excluding hydrogens is 333 g/mol. The lowest BCUT2D eigenvalue weighted by Crippen LogP contribution is -2.44. The molecule has 0 spiro atoms. The Hall–Kier alpha value is -3.49. The summed E-state index contributed by atoms with van der Waals surface area (Å²) in [5.41, 5.74) is -0.00981. The van der Waals surface area contributed by atoms with Crippen LogP contribution in [-0.4, -0.2) is 29.9 Å². The average molecular weight is 345 g/mol. The molecule has 2 aromatic carbocycles. The van der Waals surface area contributed by atoms with Gasteiger partial charge in [0.15, 0.2) is 6.61 Å². The molecule has 2 aromatic rings. The molecule has 0 fully saturated rings. The molecule has 0 radical (unpaired) electrons. The Morgan fingerprint density at radius 1 is 1.32 bits per heavy atom. The fourth-order valence-corrected chi connectivity index (χ4v) is 2.40. The number of non-ortho nitro benzene ring substituents is 1. The second-order valence-corrected chi connectivity index (χ2v) is 5.21. The molecule has 8 nitrogen and oxygen atoms in total. The first-order chi connectivity index (χ1) is 12.0. The Labute approximate surface area is 141 Å². The van der Waals surface area contributed by atoms with Gasteiger partial charge in [-0.1, -0.05) is 12.1 Å². The third-order valence-electron chi connectivity index (χ3n) is 3.54. The number of amides is 2. The fourth-order valence-electron chi connectivity index (χ4n) is 2.40. The predicted molar refractivity (Wildman–Crippen MR) is 86.0 cm³/mol. The summed E-state index contributed by atoms with van der Waals surface area (Å²) >= 11 is 0. The monoisotopic (exact) mass is 345 g/mol. The molecule has 1 heterocycles. The maximum Gasteiger partial charge on any atom is 0.273 e. The van der Waals surface area contributed by atoms with Crippen molar-refractivity contribution >= 4 is 28.9 Å². The van der Waals surface area contributed by atoms with Crippen LogP contribution >= 0.6 is 0 Å². The van der Waals surface area contributed by atoms with Gasteiger partial charge >= 0.3 is 0 Å². The first-order valence-electron chi connectivity index (χ1n) is 7.21. The minimum Gasteiger partial charge on any atom is -0.483 e. The number of hydrogen-bond donors (Lipinski definition) is 1. The van der Waals surface area contributed by atoms with Crippen LogP contribution in [0.15, 0.2) is 42.5 Å². The highest BCUT2D eigenvalue weighted by Crippen LogP contribution is 2.31. The van der Waals surface area contributed by atoms with Crippen molar-refractivity contribution in [2.24, 2.45) is 0 Å². The van der Waals surface area contributed by atoms with Crippen molar-refractivity contribution in [3.63, 3.8) is 0 Å². The normalized spacial score (nSPS) is 13.0. The van der Waals surface area contributed by atoms with Gasteiger partial charge in [-0.25, -0.2) is 4.39 Å². The Balaban J connectivity index is 1.76. The smallest absolute Gasteiger partial charge is 0.273 e. The summed E-state index contributed by atoms with van der Waals surface area (Å²) in [5, 5.41) is 13.1. The number of halogens is 1. The second kappa shape index (κ2) is 6.56. The van der Waals surface area contributed by atoms with Crippen molar-refractivity contribution < 1.29 is 23.6 Å². The lowest BCUT2D eigenvalue weighted by molar-refractivity contribution is -0.384. The van der Waals surface area contributed by atoms with E-state index in [1.807, 2.05) is 0 Å². The van der Waals surface area contributed by atoms with E-state index < -0.39 is 29.2 Å². The minimum atomic E-state index is -0.650. The van der Waals surface area contributed by atoms with Gasteiger partial charge in [-0.15, -0.1) is 0 Å². The van der Waals surface area contributed by atoms with Crippen molar-refractivity contribution in [2.45, 2.75) is 0 Å². The molecule has 1 N–H and O–H groups in total. The molecule has 0 saturated heterocycles. The van der Waals surface area contributed by atoms with Gasteiger partial charge in [0.2, 0.25) is 5.91 Å². The number of rotatable bonds is 4. The third kappa shape index (κ3) is 3.39. The van der Waals surface area contributed by atoms with Crippen molar-refractivity contribution in [3.8, 4) is 5.75 Å². The van der Waals surface area contributed by atoms with E-state index in [-0.39, 0.29) is 29.4 Å². The topological polar surface area (TPSA) is 102 Å². The van der Waals surface area contributed by atoms with Gasteiger partial charge in [-0.05, 0) is 18.2 Å². The molecule has 0 atom stereocenters. The molecule has 128 valence electrons. The van der Waals surface area contributed by atoms with Crippen LogP contribution in [0.1, 0.15) is 0 Å². The Bertz CT molecular complexity index is 871. The van der Waals surface area contributed by atoms with Crippen LogP contribution in [0.3, 0.4) is 0 Å². The summed E-state index contributed by atoms with van der Waals surface area (Å²) in [6.07, 6.45) is 0. The number of para-hydroxylation sites is 1. The summed E-state index contributed by atoms with van der Waals surface area (Å²) in [5.74, 6) is -1.61. The lowest BCUT2D eigenvalue weighted by Gasteiger charge is -2.29. The second-order valence-electron chi connectivity index (χ2n) is 5.21. The molecule has 1 aliphatic rings. The number of ether oxygens (including phenoxy) is 1. The first-order valence-corrected chi connectivity index (χ1v) is 7.21. The van der Waals surface area contributed by atoms with Crippen molar-refractivity contribution in [3.05, 3.63) is 58.4 Å². The van der Waals surface area contributed by atoms with Crippen molar-refractivity contribution in [2.75, 3.05) is 23.4 Å². The highest BCUT2D eigenvalue weighted by Gasteiger charge is 2.29. The Morgan fingerprint density at radius 3 is 2.84 bits per heavy atom. The number of hydrogen-bond acceptors (Lipinski definition) is 5. The van der Waals surface area contributed by atoms with Crippen LogP contribution in [-0.2, 0) is 9.59 Å². The summed E-state index contributed by atoms with van der Waals surface area (Å²) in [7, 11) is 0.